The number of hydrogen-bond donors (Lipinski definition) is 2. The molecule has 0 fully saturated rings. The number of carbonyl (C=O) groups excluding carboxylic acids is 1. The van der Waals surface area contributed by atoms with E-state index in [1.165, 1.54) is 109 Å². The molecule has 0 bridgehead atoms. The minimum atomic E-state index is -0.928. The van der Waals surface area contributed by atoms with Gasteiger partial charge < -0.3 is 15.2 Å². The maximum absolute atomic E-state index is 13.4. The van der Waals surface area contributed by atoms with Gasteiger partial charge in [-0.25, -0.2) is 0 Å². The molecule has 0 heterocycles. The summed E-state index contributed by atoms with van der Waals surface area (Å²) in [6.45, 7) is 4.67. The average molecular weight is 724 g/mol. The van der Waals surface area contributed by atoms with Gasteiger partial charge in [0.15, 0.2) is 0 Å². The lowest BCUT2D eigenvalue weighted by molar-refractivity contribution is -0.123. The Morgan fingerprint density at radius 3 is 1.38 bits per heavy atom. The molecule has 1 amide bonds. The highest BCUT2D eigenvalue weighted by Crippen LogP contribution is 2.40. The summed E-state index contributed by atoms with van der Waals surface area (Å²) in [6.07, 6.45) is 29.8. The molecule has 0 unspecified atom stereocenters. The van der Waals surface area contributed by atoms with Gasteiger partial charge in [-0.2, -0.15) is 0 Å². The topological polar surface area (TPSA) is 58.6 Å². The first kappa shape index (κ1) is 44.2. The monoisotopic (exact) mass is 724 g/mol. The molecule has 0 saturated carbocycles. The molecule has 0 radical (unpaired) electrons. The quantitative estimate of drug-likeness (QED) is 0.0395. The smallest absolute Gasteiger partial charge is 0.220 e. The zero-order chi connectivity index (χ0) is 37.7. The van der Waals surface area contributed by atoms with Gasteiger partial charge in [0.1, 0.15) is 5.60 Å². The van der Waals surface area contributed by atoms with Gasteiger partial charge >= 0.3 is 0 Å². The van der Waals surface area contributed by atoms with E-state index < -0.39 is 17.7 Å². The lowest BCUT2D eigenvalue weighted by atomic mass is 9.80. The van der Waals surface area contributed by atoms with E-state index >= 15 is 0 Å². The second kappa shape index (κ2) is 28.3. The summed E-state index contributed by atoms with van der Waals surface area (Å²) in [7, 11) is 0. The Hall–Kier alpha value is -3.21. The van der Waals surface area contributed by atoms with Crippen molar-refractivity contribution in [3.8, 4) is 0 Å². The molecule has 0 aliphatic carbocycles. The van der Waals surface area contributed by atoms with Crippen LogP contribution in [0.15, 0.2) is 103 Å². The van der Waals surface area contributed by atoms with Gasteiger partial charge in [0.2, 0.25) is 5.91 Å². The summed E-state index contributed by atoms with van der Waals surface area (Å²) in [4.78, 5) is 13.4. The number of amides is 1. The minimum absolute atomic E-state index is 0.0240. The fourth-order valence-corrected chi connectivity index (χ4v) is 7.38. The Labute approximate surface area is 324 Å². The van der Waals surface area contributed by atoms with Gasteiger partial charge in [0.25, 0.3) is 0 Å². The first-order valence-corrected chi connectivity index (χ1v) is 21.6. The molecule has 53 heavy (non-hydrogen) atoms. The number of ether oxygens (including phenoxy) is 1. The largest absolute Gasteiger partial charge is 0.387 e. The first-order valence-electron chi connectivity index (χ1n) is 21.6. The van der Waals surface area contributed by atoms with Crippen molar-refractivity contribution < 1.29 is 14.6 Å². The normalized spacial score (nSPS) is 13.0. The third-order valence-corrected chi connectivity index (χ3v) is 10.6. The van der Waals surface area contributed by atoms with Crippen LogP contribution in [-0.2, 0) is 15.1 Å². The Morgan fingerprint density at radius 1 is 0.585 bits per heavy atom. The third kappa shape index (κ3) is 17.2. The molecule has 0 aliphatic heterocycles. The summed E-state index contributed by atoms with van der Waals surface area (Å²) >= 11 is 0. The van der Waals surface area contributed by atoms with Crippen LogP contribution in [0.3, 0.4) is 0 Å². The summed E-state index contributed by atoms with van der Waals surface area (Å²) in [5.74, 6) is -0.0240. The van der Waals surface area contributed by atoms with Crippen LogP contribution in [0.4, 0.5) is 0 Å². The molecule has 2 atom stereocenters. The molecule has 0 saturated heterocycles. The fourth-order valence-electron chi connectivity index (χ4n) is 7.38. The van der Waals surface area contributed by atoms with Crippen molar-refractivity contribution in [1.82, 2.24) is 5.32 Å². The first-order chi connectivity index (χ1) is 26.1. The van der Waals surface area contributed by atoms with Crippen LogP contribution in [0.25, 0.3) is 0 Å². The van der Waals surface area contributed by atoms with E-state index in [-0.39, 0.29) is 12.5 Å². The number of rotatable bonds is 31. The number of nitrogens with one attached hydrogen (secondary N) is 1. The molecule has 4 heteroatoms. The van der Waals surface area contributed by atoms with Gasteiger partial charge in [-0.3, -0.25) is 4.79 Å². The predicted octanol–water partition coefficient (Wildman–Crippen LogP) is 13.0. The standard InChI is InChI=1S/C49H73NO3/c1-3-5-7-9-11-13-14-15-16-18-19-21-32-40-47(51)46(50-48(52)41-33-22-20-17-12-10-8-6-4-2)42-53-49(43-34-26-23-27-35-43,44-36-28-24-29-37-44)45-38-30-25-31-39-45/h23-32,34-40,46-47,51H,3-22,33,41-42H2,1-2H3,(H,50,52)/t46-,47+/m0/s1. The van der Waals surface area contributed by atoms with E-state index in [0.717, 1.165) is 42.4 Å². The van der Waals surface area contributed by atoms with E-state index in [9.17, 15) is 9.90 Å². The second-order valence-electron chi connectivity index (χ2n) is 15.1. The van der Waals surface area contributed by atoms with Crippen molar-refractivity contribution in [3.63, 3.8) is 0 Å². The number of unbranched alkanes of at least 4 members (excludes halogenated alkanes) is 19. The Kier molecular flexibility index (Phi) is 23.6. The highest BCUT2D eigenvalue weighted by molar-refractivity contribution is 5.76. The van der Waals surface area contributed by atoms with Gasteiger partial charge in [-0.05, 0) is 36.0 Å². The van der Waals surface area contributed by atoms with Crippen molar-refractivity contribution >= 4 is 5.91 Å². The molecule has 4 nitrogen and oxygen atoms in total. The van der Waals surface area contributed by atoms with Gasteiger partial charge in [0.05, 0.1) is 18.8 Å². The number of benzene rings is 3. The number of aliphatic hydroxyl groups excluding tert-OH is 1. The molecule has 3 aromatic carbocycles. The van der Waals surface area contributed by atoms with Crippen molar-refractivity contribution in [1.29, 1.82) is 0 Å². The maximum Gasteiger partial charge on any atom is 0.220 e. The zero-order valence-corrected chi connectivity index (χ0v) is 33.5. The van der Waals surface area contributed by atoms with Crippen LogP contribution in [0.2, 0.25) is 0 Å². The highest BCUT2D eigenvalue weighted by atomic mass is 16.5. The summed E-state index contributed by atoms with van der Waals surface area (Å²) in [6, 6.07) is 30.3. The second-order valence-corrected chi connectivity index (χ2v) is 15.1. The van der Waals surface area contributed by atoms with Crippen LogP contribution in [0, 0.1) is 0 Å². The molecule has 3 aromatic rings. The molecule has 0 aliphatic rings. The number of hydrogen-bond acceptors (Lipinski definition) is 3. The predicted molar refractivity (Wildman–Crippen MR) is 225 cm³/mol. The highest BCUT2D eigenvalue weighted by Gasteiger charge is 2.38. The lowest BCUT2D eigenvalue weighted by Gasteiger charge is -2.37. The van der Waals surface area contributed by atoms with Crippen LogP contribution in [-0.4, -0.2) is 29.8 Å². The maximum atomic E-state index is 13.4. The lowest BCUT2D eigenvalue weighted by Crippen LogP contribution is -2.48. The van der Waals surface area contributed by atoms with Crippen molar-refractivity contribution in [2.45, 2.75) is 173 Å². The van der Waals surface area contributed by atoms with E-state index in [1.807, 2.05) is 60.7 Å². The van der Waals surface area contributed by atoms with Gasteiger partial charge in [-0.15, -0.1) is 0 Å². The van der Waals surface area contributed by atoms with Gasteiger partial charge in [0, 0.05) is 6.42 Å². The van der Waals surface area contributed by atoms with Crippen molar-refractivity contribution in [3.05, 3.63) is 120 Å². The van der Waals surface area contributed by atoms with Crippen LogP contribution in [0.5, 0.6) is 0 Å². The van der Waals surface area contributed by atoms with E-state index in [0.29, 0.717) is 6.42 Å². The van der Waals surface area contributed by atoms with E-state index in [2.05, 4.69) is 61.6 Å². The van der Waals surface area contributed by atoms with E-state index in [4.69, 9.17) is 4.74 Å². The fraction of sp³-hybridized carbons (Fsp3) is 0.571. The molecule has 292 valence electrons. The summed E-state index contributed by atoms with van der Waals surface area (Å²) in [5.41, 5.74) is 2.07. The third-order valence-electron chi connectivity index (χ3n) is 10.6. The summed E-state index contributed by atoms with van der Waals surface area (Å²) in [5, 5.41) is 14.8. The number of allylic oxidation sites excluding steroid dienone is 1. The van der Waals surface area contributed by atoms with Crippen LogP contribution < -0.4 is 5.32 Å². The zero-order valence-electron chi connectivity index (χ0n) is 33.5. The average Bonchev–Trinajstić information content (AvgIpc) is 3.20. The molecular weight excluding hydrogens is 651 g/mol. The Bertz CT molecular complexity index is 1230. The van der Waals surface area contributed by atoms with Crippen LogP contribution in [0.1, 0.15) is 172 Å². The van der Waals surface area contributed by atoms with Crippen LogP contribution >= 0.6 is 0 Å². The summed E-state index contributed by atoms with van der Waals surface area (Å²) < 4.78 is 7.08. The number of carbonyl (C=O) groups is 1. The SMILES string of the molecule is CCCCCCCCCCCCCC=C[C@@H](O)[C@H](COC(c1ccccc1)(c1ccccc1)c1ccccc1)NC(=O)CCCCCCCCCCC. The Morgan fingerprint density at radius 2 is 0.962 bits per heavy atom. The van der Waals surface area contributed by atoms with Gasteiger partial charge in [-0.1, -0.05) is 233 Å². The molecular formula is C49H73NO3. The van der Waals surface area contributed by atoms with Crippen molar-refractivity contribution in [2.24, 2.45) is 0 Å². The van der Waals surface area contributed by atoms with Crippen molar-refractivity contribution in [2.75, 3.05) is 6.61 Å². The van der Waals surface area contributed by atoms with E-state index in [1.54, 1.807) is 0 Å². The molecule has 0 aromatic heterocycles. The number of aliphatic hydroxyl groups is 1. The Balaban J connectivity index is 1.65. The molecule has 0 spiro atoms. The minimum Gasteiger partial charge on any atom is -0.387 e. The molecule has 2 N–H and O–H groups in total. The molecule has 3 rings (SSSR count).